The van der Waals surface area contributed by atoms with Crippen LogP contribution in [0.1, 0.15) is 34.1 Å². The summed E-state index contributed by atoms with van der Waals surface area (Å²) in [5.74, 6) is -0.489. The van der Waals surface area contributed by atoms with Gasteiger partial charge in [0.2, 0.25) is 0 Å². The van der Waals surface area contributed by atoms with Gasteiger partial charge in [-0.1, -0.05) is 0 Å². The molecule has 18 heavy (non-hydrogen) atoms. The van der Waals surface area contributed by atoms with Crippen LogP contribution in [0.3, 0.4) is 0 Å². The Morgan fingerprint density at radius 2 is 2.00 bits per heavy atom. The number of likely N-dealkylation sites (tertiary alicyclic amines) is 1. The summed E-state index contributed by atoms with van der Waals surface area (Å²) in [5.41, 5.74) is -0.616. The van der Waals surface area contributed by atoms with E-state index >= 15 is 0 Å². The molecule has 0 aromatic carbocycles. The van der Waals surface area contributed by atoms with Crippen molar-refractivity contribution in [1.82, 2.24) is 4.90 Å². The van der Waals surface area contributed by atoms with Gasteiger partial charge >= 0.3 is 12.1 Å². The van der Waals surface area contributed by atoms with Crippen molar-refractivity contribution in [1.29, 1.82) is 0 Å². The molecule has 6 heteroatoms. The minimum absolute atomic E-state index is 0.0147. The Balaban J connectivity index is 2.63. The van der Waals surface area contributed by atoms with E-state index in [9.17, 15) is 14.4 Å². The minimum Gasteiger partial charge on any atom is -0.464 e. The van der Waals surface area contributed by atoms with Crippen LogP contribution in [0.15, 0.2) is 0 Å². The second-order valence-electron chi connectivity index (χ2n) is 5.31. The summed E-state index contributed by atoms with van der Waals surface area (Å²) in [6.07, 6.45) is -0.350. The van der Waals surface area contributed by atoms with Gasteiger partial charge in [0.15, 0.2) is 5.78 Å². The molecular formula is C12H19NO5. The molecular weight excluding hydrogens is 238 g/mol. The topological polar surface area (TPSA) is 72.9 Å². The van der Waals surface area contributed by atoms with Gasteiger partial charge in [-0.05, 0) is 20.8 Å². The molecule has 0 unspecified atom stereocenters. The number of ketones is 1. The number of rotatable bonds is 2. The quantitative estimate of drug-likeness (QED) is 0.693. The lowest BCUT2D eigenvalue weighted by atomic mass is 10.2. The van der Waals surface area contributed by atoms with Crippen LogP contribution in [0.5, 0.6) is 0 Å². The zero-order valence-corrected chi connectivity index (χ0v) is 11.2. The maximum absolute atomic E-state index is 11.9. The third-order valence-corrected chi connectivity index (χ3v) is 2.36. The highest BCUT2D eigenvalue weighted by Gasteiger charge is 2.37. The van der Waals surface area contributed by atoms with E-state index in [1.165, 1.54) is 11.8 Å². The number of esters is 1. The number of carbonyl (C=O) groups excluding carboxylic acids is 3. The third-order valence-electron chi connectivity index (χ3n) is 2.36. The van der Waals surface area contributed by atoms with E-state index in [4.69, 9.17) is 9.47 Å². The fourth-order valence-corrected chi connectivity index (χ4v) is 1.65. The molecule has 0 aromatic rings. The first-order chi connectivity index (χ1) is 8.19. The number of hydrogen-bond acceptors (Lipinski definition) is 5. The molecule has 1 heterocycles. The number of hydrogen-bond donors (Lipinski definition) is 0. The molecule has 1 rings (SSSR count). The molecule has 1 saturated heterocycles. The summed E-state index contributed by atoms with van der Waals surface area (Å²) < 4.78 is 10.0. The zero-order chi connectivity index (χ0) is 13.9. The fourth-order valence-electron chi connectivity index (χ4n) is 1.65. The van der Waals surface area contributed by atoms with Crippen LogP contribution in [-0.2, 0) is 19.1 Å². The van der Waals surface area contributed by atoms with Gasteiger partial charge in [0.1, 0.15) is 12.2 Å². The van der Waals surface area contributed by atoms with Crippen LogP contribution in [-0.4, -0.2) is 47.5 Å². The summed E-state index contributed by atoms with van der Waals surface area (Å²) in [6.45, 7) is 6.59. The Morgan fingerprint density at radius 1 is 1.39 bits per heavy atom. The molecule has 1 amide bonds. The normalized spacial score (nSPS) is 19.9. The van der Waals surface area contributed by atoms with E-state index in [-0.39, 0.29) is 25.4 Å². The minimum atomic E-state index is -0.616. The third kappa shape index (κ3) is 4.35. The molecule has 0 spiro atoms. The first-order valence-corrected chi connectivity index (χ1v) is 5.84. The van der Waals surface area contributed by atoms with Crippen molar-refractivity contribution in [3.63, 3.8) is 0 Å². The van der Waals surface area contributed by atoms with Gasteiger partial charge < -0.3 is 9.47 Å². The van der Waals surface area contributed by atoms with Gasteiger partial charge in [-0.15, -0.1) is 0 Å². The highest BCUT2D eigenvalue weighted by molar-refractivity contribution is 5.88. The van der Waals surface area contributed by atoms with E-state index in [0.29, 0.717) is 0 Å². The SMILES string of the molecule is CC(=O)OC[C@@H]1CC(=O)CN1C(=O)OC(C)(C)C. The fraction of sp³-hybridized carbons (Fsp3) is 0.750. The summed E-state index contributed by atoms with van der Waals surface area (Å²) in [5, 5.41) is 0. The molecule has 1 atom stereocenters. The molecule has 0 saturated carbocycles. The molecule has 102 valence electrons. The summed E-state index contributed by atoms with van der Waals surface area (Å²) >= 11 is 0. The predicted octanol–water partition coefficient (Wildman–Crippen LogP) is 1.13. The lowest BCUT2D eigenvalue weighted by molar-refractivity contribution is -0.142. The number of carbonyl (C=O) groups is 3. The van der Waals surface area contributed by atoms with Crippen LogP contribution in [0.2, 0.25) is 0 Å². The molecule has 0 radical (unpaired) electrons. The summed E-state index contributed by atoms with van der Waals surface area (Å²) in [7, 11) is 0. The highest BCUT2D eigenvalue weighted by atomic mass is 16.6. The van der Waals surface area contributed by atoms with Crippen molar-refractivity contribution in [2.24, 2.45) is 0 Å². The second kappa shape index (κ2) is 5.37. The van der Waals surface area contributed by atoms with E-state index < -0.39 is 23.7 Å². The number of Topliss-reactive ketones (excluding diaryl/α,β-unsaturated/α-hetero) is 1. The number of nitrogens with zero attached hydrogens (tertiary/aromatic N) is 1. The van der Waals surface area contributed by atoms with Gasteiger partial charge in [0.25, 0.3) is 0 Å². The smallest absolute Gasteiger partial charge is 0.411 e. The van der Waals surface area contributed by atoms with Gasteiger partial charge in [0.05, 0.1) is 12.6 Å². The second-order valence-corrected chi connectivity index (χ2v) is 5.31. The van der Waals surface area contributed by atoms with Gasteiger partial charge in [-0.3, -0.25) is 14.5 Å². The average Bonchev–Trinajstić information content (AvgIpc) is 2.54. The Hall–Kier alpha value is -1.59. The number of ether oxygens (including phenoxy) is 2. The van der Waals surface area contributed by atoms with Crippen molar-refractivity contribution in [2.45, 2.75) is 45.8 Å². The van der Waals surface area contributed by atoms with Crippen molar-refractivity contribution >= 4 is 17.8 Å². The van der Waals surface area contributed by atoms with Crippen LogP contribution >= 0.6 is 0 Å². The van der Waals surface area contributed by atoms with E-state index in [1.807, 2.05) is 0 Å². The largest absolute Gasteiger partial charge is 0.464 e. The molecule has 6 nitrogen and oxygen atoms in total. The Kier molecular flexibility index (Phi) is 4.32. The first kappa shape index (κ1) is 14.5. The van der Waals surface area contributed by atoms with Crippen molar-refractivity contribution in [3.05, 3.63) is 0 Å². The molecule has 0 bridgehead atoms. The van der Waals surface area contributed by atoms with Crippen LogP contribution < -0.4 is 0 Å². The van der Waals surface area contributed by atoms with Crippen molar-refractivity contribution in [2.75, 3.05) is 13.2 Å². The molecule has 1 fully saturated rings. The molecule has 0 aromatic heterocycles. The summed E-state index contributed by atoms with van der Waals surface area (Å²) in [6, 6.07) is -0.420. The molecule has 0 aliphatic carbocycles. The summed E-state index contributed by atoms with van der Waals surface area (Å²) in [4.78, 5) is 35.3. The predicted molar refractivity (Wildman–Crippen MR) is 63.0 cm³/mol. The zero-order valence-electron chi connectivity index (χ0n) is 11.2. The van der Waals surface area contributed by atoms with E-state index in [1.54, 1.807) is 20.8 Å². The Morgan fingerprint density at radius 3 is 2.50 bits per heavy atom. The maximum atomic E-state index is 11.9. The van der Waals surface area contributed by atoms with E-state index in [0.717, 1.165) is 0 Å². The number of amides is 1. The van der Waals surface area contributed by atoms with Crippen LogP contribution in [0.4, 0.5) is 4.79 Å². The van der Waals surface area contributed by atoms with Crippen molar-refractivity contribution < 1.29 is 23.9 Å². The van der Waals surface area contributed by atoms with E-state index in [2.05, 4.69) is 0 Å². The lowest BCUT2D eigenvalue weighted by Gasteiger charge is -2.27. The van der Waals surface area contributed by atoms with Crippen molar-refractivity contribution in [3.8, 4) is 0 Å². The van der Waals surface area contributed by atoms with Crippen LogP contribution in [0, 0.1) is 0 Å². The Labute approximate surface area is 106 Å². The van der Waals surface area contributed by atoms with Gasteiger partial charge in [-0.25, -0.2) is 4.79 Å². The highest BCUT2D eigenvalue weighted by Crippen LogP contribution is 2.19. The molecule has 0 N–H and O–H groups in total. The first-order valence-electron chi connectivity index (χ1n) is 5.84. The average molecular weight is 257 g/mol. The maximum Gasteiger partial charge on any atom is 0.411 e. The van der Waals surface area contributed by atoms with Gasteiger partial charge in [0, 0.05) is 13.3 Å². The molecule has 1 aliphatic rings. The van der Waals surface area contributed by atoms with Gasteiger partial charge in [-0.2, -0.15) is 0 Å². The Bertz CT molecular complexity index is 358. The molecule has 1 aliphatic heterocycles. The lowest BCUT2D eigenvalue weighted by Crippen LogP contribution is -2.42. The van der Waals surface area contributed by atoms with Crippen LogP contribution in [0.25, 0.3) is 0 Å². The standard InChI is InChI=1S/C12H19NO5/c1-8(14)17-7-9-5-10(15)6-13(9)11(16)18-12(2,3)4/h9H,5-7H2,1-4H3/t9-/m0/s1. The monoisotopic (exact) mass is 257 g/mol.